The van der Waals surface area contributed by atoms with Gasteiger partial charge in [0.15, 0.2) is 6.10 Å². The third-order valence-electron chi connectivity index (χ3n) is 5.25. The lowest BCUT2D eigenvalue weighted by atomic mass is 10.0. The Morgan fingerprint density at radius 3 is 2.59 bits per heavy atom. The van der Waals surface area contributed by atoms with Gasteiger partial charge in [-0.3, -0.25) is 9.69 Å². The average Bonchev–Trinajstić information content (AvgIpc) is 3.15. The van der Waals surface area contributed by atoms with Crippen molar-refractivity contribution in [3.63, 3.8) is 0 Å². The first-order chi connectivity index (χ1) is 13.9. The molecule has 29 heavy (non-hydrogen) atoms. The minimum absolute atomic E-state index is 0.0204. The second-order valence-electron chi connectivity index (χ2n) is 7.84. The molecule has 0 saturated carbocycles. The van der Waals surface area contributed by atoms with Crippen LogP contribution in [0.2, 0.25) is 0 Å². The molecule has 6 nitrogen and oxygen atoms in total. The molecule has 0 radical (unpaired) electrons. The molecule has 2 aromatic rings. The standard InChI is InChI=1S/C23H32N2O4/c1-16(2)19-6-5-7-20(14-19)29-18(4)23(26)24-15-21(22-9-8-17(3)28-22)25-10-12-27-13-11-25/h5-9,14,16,18,21H,10-13,15H2,1-4H3,(H,24,26). The quantitative estimate of drug-likeness (QED) is 0.733. The van der Waals surface area contributed by atoms with Crippen LogP contribution in [0.5, 0.6) is 5.75 Å². The molecule has 1 aromatic heterocycles. The maximum absolute atomic E-state index is 12.7. The first-order valence-corrected chi connectivity index (χ1v) is 10.4. The molecule has 158 valence electrons. The summed E-state index contributed by atoms with van der Waals surface area (Å²) in [6, 6.07) is 11.8. The zero-order valence-electron chi connectivity index (χ0n) is 17.8. The van der Waals surface area contributed by atoms with E-state index in [2.05, 4.69) is 30.1 Å². The van der Waals surface area contributed by atoms with Gasteiger partial charge in [-0.05, 0) is 49.6 Å². The fourth-order valence-corrected chi connectivity index (χ4v) is 3.48. The Balaban J connectivity index is 1.61. The lowest BCUT2D eigenvalue weighted by Crippen LogP contribution is -2.45. The summed E-state index contributed by atoms with van der Waals surface area (Å²) in [7, 11) is 0. The zero-order chi connectivity index (χ0) is 20.8. The number of benzene rings is 1. The summed E-state index contributed by atoms with van der Waals surface area (Å²) in [6.07, 6.45) is -0.582. The number of aryl methyl sites for hydroxylation is 1. The van der Waals surface area contributed by atoms with E-state index in [9.17, 15) is 4.79 Å². The number of ether oxygens (including phenoxy) is 2. The molecule has 1 aromatic carbocycles. The third-order valence-corrected chi connectivity index (χ3v) is 5.25. The van der Waals surface area contributed by atoms with Crippen molar-refractivity contribution in [1.29, 1.82) is 0 Å². The van der Waals surface area contributed by atoms with E-state index in [0.717, 1.165) is 24.6 Å². The normalized spacial score (nSPS) is 17.1. The molecule has 1 N–H and O–H groups in total. The summed E-state index contributed by atoms with van der Waals surface area (Å²) in [5.41, 5.74) is 1.19. The molecule has 0 bridgehead atoms. The molecule has 1 fully saturated rings. The van der Waals surface area contributed by atoms with Crippen LogP contribution in [-0.2, 0) is 9.53 Å². The Labute approximate surface area is 173 Å². The van der Waals surface area contributed by atoms with Gasteiger partial charge in [0.25, 0.3) is 5.91 Å². The maximum atomic E-state index is 12.7. The minimum atomic E-state index is -0.582. The van der Waals surface area contributed by atoms with Gasteiger partial charge >= 0.3 is 0 Å². The van der Waals surface area contributed by atoms with Gasteiger partial charge in [-0.15, -0.1) is 0 Å². The van der Waals surface area contributed by atoms with Gasteiger partial charge in [0.05, 0.1) is 19.3 Å². The first kappa shape index (κ1) is 21.4. The van der Waals surface area contributed by atoms with E-state index in [-0.39, 0.29) is 11.9 Å². The van der Waals surface area contributed by atoms with Crippen LogP contribution < -0.4 is 10.1 Å². The van der Waals surface area contributed by atoms with E-state index < -0.39 is 6.10 Å². The van der Waals surface area contributed by atoms with Gasteiger partial charge in [0.1, 0.15) is 17.3 Å². The lowest BCUT2D eigenvalue weighted by Gasteiger charge is -2.33. The van der Waals surface area contributed by atoms with Gasteiger partial charge in [0.2, 0.25) is 0 Å². The van der Waals surface area contributed by atoms with E-state index in [0.29, 0.717) is 31.4 Å². The van der Waals surface area contributed by atoms with Gasteiger partial charge in [0, 0.05) is 19.6 Å². The number of carbonyl (C=O) groups excluding carboxylic acids is 1. The van der Waals surface area contributed by atoms with Crippen molar-refractivity contribution >= 4 is 5.91 Å². The molecule has 0 spiro atoms. The number of nitrogens with zero attached hydrogens (tertiary/aromatic N) is 1. The summed E-state index contributed by atoms with van der Waals surface area (Å²) in [6.45, 7) is 11.5. The van der Waals surface area contributed by atoms with Crippen LogP contribution in [0.4, 0.5) is 0 Å². The molecular weight excluding hydrogens is 368 g/mol. The highest BCUT2D eigenvalue weighted by Gasteiger charge is 2.26. The molecule has 3 rings (SSSR count). The Hall–Kier alpha value is -2.31. The summed E-state index contributed by atoms with van der Waals surface area (Å²) in [5, 5.41) is 3.04. The predicted octanol–water partition coefficient (Wildman–Crippen LogP) is 3.67. The molecule has 2 unspecified atom stereocenters. The summed E-state index contributed by atoms with van der Waals surface area (Å²) in [5.74, 6) is 2.72. The molecule has 1 aliphatic heterocycles. The van der Waals surface area contributed by atoms with Crippen LogP contribution in [0.1, 0.15) is 49.8 Å². The highest BCUT2D eigenvalue weighted by Crippen LogP contribution is 2.24. The Morgan fingerprint density at radius 1 is 1.17 bits per heavy atom. The van der Waals surface area contributed by atoms with Crippen molar-refractivity contribution in [2.75, 3.05) is 32.8 Å². The van der Waals surface area contributed by atoms with Gasteiger partial charge in [-0.2, -0.15) is 0 Å². The highest BCUT2D eigenvalue weighted by molar-refractivity contribution is 5.80. The maximum Gasteiger partial charge on any atom is 0.260 e. The monoisotopic (exact) mass is 400 g/mol. The van der Waals surface area contributed by atoms with Crippen LogP contribution in [0.25, 0.3) is 0 Å². The largest absolute Gasteiger partial charge is 0.481 e. The van der Waals surface area contributed by atoms with E-state index >= 15 is 0 Å². The summed E-state index contributed by atoms with van der Waals surface area (Å²) in [4.78, 5) is 15.0. The summed E-state index contributed by atoms with van der Waals surface area (Å²) < 4.78 is 17.2. The van der Waals surface area contributed by atoms with E-state index in [1.54, 1.807) is 6.92 Å². The molecule has 6 heteroatoms. The number of carbonyl (C=O) groups is 1. The molecule has 1 amide bonds. The molecule has 2 heterocycles. The molecule has 1 saturated heterocycles. The van der Waals surface area contributed by atoms with Crippen LogP contribution >= 0.6 is 0 Å². The van der Waals surface area contributed by atoms with Crippen molar-refractivity contribution in [1.82, 2.24) is 10.2 Å². The summed E-state index contributed by atoms with van der Waals surface area (Å²) >= 11 is 0. The van der Waals surface area contributed by atoms with Crippen LogP contribution in [0.3, 0.4) is 0 Å². The van der Waals surface area contributed by atoms with E-state index in [1.807, 2.05) is 37.3 Å². The smallest absolute Gasteiger partial charge is 0.260 e. The fourth-order valence-electron chi connectivity index (χ4n) is 3.48. The first-order valence-electron chi connectivity index (χ1n) is 10.4. The van der Waals surface area contributed by atoms with Crippen LogP contribution in [0.15, 0.2) is 40.8 Å². The number of hydrogen-bond acceptors (Lipinski definition) is 5. The number of furan rings is 1. The number of nitrogens with one attached hydrogen (secondary N) is 1. The van der Waals surface area contributed by atoms with Gasteiger partial charge in [-0.25, -0.2) is 0 Å². The number of hydrogen-bond donors (Lipinski definition) is 1. The van der Waals surface area contributed by atoms with Crippen molar-refractivity contribution in [3.8, 4) is 5.75 Å². The third kappa shape index (κ3) is 5.84. The van der Waals surface area contributed by atoms with Crippen molar-refractivity contribution in [2.45, 2.75) is 45.8 Å². The fraction of sp³-hybridized carbons (Fsp3) is 0.522. The number of rotatable bonds is 8. The SMILES string of the molecule is Cc1ccc(C(CNC(=O)C(C)Oc2cccc(C(C)C)c2)N2CCOCC2)o1. The predicted molar refractivity (Wildman–Crippen MR) is 112 cm³/mol. The van der Waals surface area contributed by atoms with Gasteiger partial charge < -0.3 is 19.2 Å². The second kappa shape index (κ2) is 9.94. The van der Waals surface area contributed by atoms with Crippen LogP contribution in [0, 0.1) is 6.92 Å². The molecule has 0 aliphatic carbocycles. The average molecular weight is 401 g/mol. The van der Waals surface area contributed by atoms with Crippen LogP contribution in [-0.4, -0.2) is 49.8 Å². The molecular formula is C23H32N2O4. The topological polar surface area (TPSA) is 63.9 Å². The lowest BCUT2D eigenvalue weighted by molar-refractivity contribution is -0.127. The minimum Gasteiger partial charge on any atom is -0.481 e. The van der Waals surface area contributed by atoms with E-state index in [1.165, 1.54) is 5.56 Å². The Bertz CT molecular complexity index is 796. The molecule has 2 atom stereocenters. The van der Waals surface area contributed by atoms with Crippen molar-refractivity contribution < 1.29 is 18.7 Å². The Kier molecular flexibility index (Phi) is 7.34. The van der Waals surface area contributed by atoms with E-state index in [4.69, 9.17) is 13.9 Å². The van der Waals surface area contributed by atoms with Gasteiger partial charge in [-0.1, -0.05) is 26.0 Å². The Morgan fingerprint density at radius 2 is 1.93 bits per heavy atom. The zero-order valence-corrected chi connectivity index (χ0v) is 17.8. The number of amides is 1. The highest BCUT2D eigenvalue weighted by atomic mass is 16.5. The molecule has 1 aliphatic rings. The second-order valence-corrected chi connectivity index (χ2v) is 7.84. The van der Waals surface area contributed by atoms with Crippen molar-refractivity contribution in [2.24, 2.45) is 0 Å². The van der Waals surface area contributed by atoms with Crippen molar-refractivity contribution in [3.05, 3.63) is 53.5 Å². The number of morpholine rings is 1.